The van der Waals surface area contributed by atoms with Crippen molar-refractivity contribution < 1.29 is 14.5 Å². The van der Waals surface area contributed by atoms with Crippen molar-refractivity contribution in [3.8, 4) is 0 Å². The summed E-state index contributed by atoms with van der Waals surface area (Å²) in [6.07, 6.45) is 1.63. The molecule has 1 atom stereocenters. The van der Waals surface area contributed by atoms with Crippen molar-refractivity contribution in [2.24, 2.45) is 0 Å². The summed E-state index contributed by atoms with van der Waals surface area (Å²) in [7, 11) is 0. The molecule has 3 aromatic rings. The van der Waals surface area contributed by atoms with E-state index in [1.165, 1.54) is 0 Å². The van der Waals surface area contributed by atoms with Gasteiger partial charge in [0.15, 0.2) is 18.3 Å². The number of quaternary nitrogens is 1. The number of benzene rings is 2. The Balaban J connectivity index is 1.69. The summed E-state index contributed by atoms with van der Waals surface area (Å²) in [5.41, 5.74) is 1.56. The number of furan rings is 1. The molecule has 0 fully saturated rings. The van der Waals surface area contributed by atoms with E-state index in [4.69, 9.17) is 27.6 Å². The van der Waals surface area contributed by atoms with Crippen LogP contribution in [0.5, 0.6) is 0 Å². The lowest BCUT2D eigenvalue weighted by Gasteiger charge is -2.14. The fourth-order valence-electron chi connectivity index (χ4n) is 2.56. The zero-order valence-corrected chi connectivity index (χ0v) is 14.8. The second-order valence-corrected chi connectivity index (χ2v) is 6.36. The molecule has 0 saturated heterocycles. The molecule has 0 unspecified atom stereocenters. The summed E-state index contributed by atoms with van der Waals surface area (Å²) in [4.78, 5) is 12.3. The van der Waals surface area contributed by atoms with Crippen LogP contribution in [-0.2, 0) is 4.79 Å². The van der Waals surface area contributed by atoms with Crippen molar-refractivity contribution in [1.82, 2.24) is 0 Å². The van der Waals surface area contributed by atoms with E-state index < -0.39 is 0 Å². The molecule has 128 valence electrons. The maximum Gasteiger partial charge on any atom is 0.279 e. The molecule has 1 heterocycles. The van der Waals surface area contributed by atoms with Crippen molar-refractivity contribution in [1.29, 1.82) is 0 Å². The highest BCUT2D eigenvalue weighted by Crippen LogP contribution is 2.25. The van der Waals surface area contributed by atoms with Crippen molar-refractivity contribution in [3.05, 3.63) is 88.3 Å². The van der Waals surface area contributed by atoms with Gasteiger partial charge in [0.05, 0.1) is 17.0 Å². The second kappa shape index (κ2) is 8.21. The number of anilines is 1. The highest BCUT2D eigenvalue weighted by molar-refractivity contribution is 6.35. The van der Waals surface area contributed by atoms with Crippen LogP contribution in [0.3, 0.4) is 0 Å². The molecule has 4 nitrogen and oxygen atoms in total. The smallest absolute Gasteiger partial charge is 0.279 e. The Morgan fingerprint density at radius 1 is 1.08 bits per heavy atom. The van der Waals surface area contributed by atoms with Gasteiger partial charge < -0.3 is 15.1 Å². The van der Waals surface area contributed by atoms with Gasteiger partial charge in [-0.25, -0.2) is 0 Å². The van der Waals surface area contributed by atoms with Gasteiger partial charge in [-0.1, -0.05) is 53.5 Å². The topological polar surface area (TPSA) is 58.9 Å². The third kappa shape index (κ3) is 4.63. The second-order valence-electron chi connectivity index (χ2n) is 5.52. The number of nitrogens with one attached hydrogen (secondary N) is 1. The lowest BCUT2D eigenvalue weighted by atomic mass is 10.0. The van der Waals surface area contributed by atoms with E-state index in [1.807, 2.05) is 47.8 Å². The molecule has 2 aromatic carbocycles. The lowest BCUT2D eigenvalue weighted by Crippen LogP contribution is -2.87. The number of carbonyl (C=O) groups is 1. The highest BCUT2D eigenvalue weighted by Gasteiger charge is 2.21. The fraction of sp³-hybridized carbons (Fsp3) is 0.105. The van der Waals surface area contributed by atoms with Gasteiger partial charge in [0.25, 0.3) is 5.91 Å². The van der Waals surface area contributed by atoms with Crippen LogP contribution in [-0.4, -0.2) is 12.5 Å². The molecule has 0 saturated carbocycles. The summed E-state index contributed by atoms with van der Waals surface area (Å²) in [6.45, 7) is 0.211. The molecule has 0 aliphatic rings. The Kier molecular flexibility index (Phi) is 5.76. The molecule has 1 aromatic heterocycles. The first-order chi connectivity index (χ1) is 12.1. The third-order valence-corrected chi connectivity index (χ3v) is 4.31. The van der Waals surface area contributed by atoms with E-state index in [1.54, 1.807) is 24.5 Å². The van der Waals surface area contributed by atoms with Crippen molar-refractivity contribution in [3.63, 3.8) is 0 Å². The van der Waals surface area contributed by atoms with Gasteiger partial charge in [-0.15, -0.1) is 0 Å². The molecule has 0 aliphatic carbocycles. The molecule has 25 heavy (non-hydrogen) atoms. The maximum atomic E-state index is 12.3. The predicted octanol–water partition coefficient (Wildman–Crippen LogP) is 3.88. The largest absolute Gasteiger partial charge is 0.463 e. The van der Waals surface area contributed by atoms with Gasteiger partial charge in [0, 0.05) is 10.6 Å². The number of amides is 1. The van der Waals surface area contributed by atoms with Crippen LogP contribution in [0.1, 0.15) is 17.4 Å². The quantitative estimate of drug-likeness (QED) is 0.686. The van der Waals surface area contributed by atoms with Gasteiger partial charge in [-0.2, -0.15) is 0 Å². The molecular formula is C19H17Cl2N2O2+. The summed E-state index contributed by atoms with van der Waals surface area (Å²) in [5.74, 6) is 0.622. The predicted molar refractivity (Wildman–Crippen MR) is 98.9 cm³/mol. The SMILES string of the molecule is O=C(C[NH2+][C@@H](c1ccccc1)c1ccco1)Nc1cc(Cl)ccc1Cl. The molecule has 1 amide bonds. The van der Waals surface area contributed by atoms with E-state index in [0.717, 1.165) is 11.3 Å². The highest BCUT2D eigenvalue weighted by atomic mass is 35.5. The first kappa shape index (κ1) is 17.5. The van der Waals surface area contributed by atoms with E-state index in [2.05, 4.69) is 5.32 Å². The summed E-state index contributed by atoms with van der Waals surface area (Å²) in [6, 6.07) is 18.5. The first-order valence-corrected chi connectivity index (χ1v) is 8.55. The minimum atomic E-state index is -0.170. The van der Waals surface area contributed by atoms with Crippen LogP contribution in [0.15, 0.2) is 71.3 Å². The maximum absolute atomic E-state index is 12.3. The summed E-state index contributed by atoms with van der Waals surface area (Å²) in [5, 5.41) is 5.67. The lowest BCUT2D eigenvalue weighted by molar-refractivity contribution is -0.678. The number of rotatable bonds is 6. The molecular weight excluding hydrogens is 359 g/mol. The van der Waals surface area contributed by atoms with Gasteiger partial charge >= 0.3 is 0 Å². The number of hydrogen-bond acceptors (Lipinski definition) is 2. The van der Waals surface area contributed by atoms with E-state index in [9.17, 15) is 4.79 Å². The minimum absolute atomic E-state index is 0.100. The Bertz CT molecular complexity index is 836. The fourth-order valence-corrected chi connectivity index (χ4v) is 2.90. The van der Waals surface area contributed by atoms with E-state index in [0.29, 0.717) is 15.7 Å². The molecule has 0 radical (unpaired) electrons. The number of nitrogens with two attached hydrogens (primary N) is 1. The van der Waals surface area contributed by atoms with Gasteiger partial charge in [0.1, 0.15) is 0 Å². The molecule has 3 rings (SSSR count). The van der Waals surface area contributed by atoms with Crippen LogP contribution < -0.4 is 10.6 Å². The normalized spacial score (nSPS) is 11.9. The molecule has 6 heteroatoms. The summed E-state index contributed by atoms with van der Waals surface area (Å²) >= 11 is 12.0. The summed E-state index contributed by atoms with van der Waals surface area (Å²) < 4.78 is 5.53. The van der Waals surface area contributed by atoms with Crippen LogP contribution >= 0.6 is 23.2 Å². The standard InChI is InChI=1S/C19H16Cl2N2O2/c20-14-8-9-15(21)16(11-14)23-18(24)12-22-19(17-7-4-10-25-17)13-5-2-1-3-6-13/h1-11,19,22H,12H2,(H,23,24)/p+1/t19-/m0/s1. The van der Waals surface area contributed by atoms with Crippen LogP contribution in [0, 0.1) is 0 Å². The van der Waals surface area contributed by atoms with Crippen molar-refractivity contribution in [2.45, 2.75) is 6.04 Å². The van der Waals surface area contributed by atoms with Crippen molar-refractivity contribution in [2.75, 3.05) is 11.9 Å². The Labute approximate surface area is 155 Å². The number of hydrogen-bond donors (Lipinski definition) is 2. The van der Waals surface area contributed by atoms with Crippen molar-refractivity contribution >= 4 is 34.8 Å². The Morgan fingerprint density at radius 2 is 1.88 bits per heavy atom. The molecule has 3 N–H and O–H groups in total. The number of halogens is 2. The van der Waals surface area contributed by atoms with Crippen LogP contribution in [0.25, 0.3) is 0 Å². The van der Waals surface area contributed by atoms with Crippen LogP contribution in [0.4, 0.5) is 5.69 Å². The van der Waals surface area contributed by atoms with E-state index in [-0.39, 0.29) is 18.5 Å². The molecule has 0 aliphatic heterocycles. The van der Waals surface area contributed by atoms with E-state index >= 15 is 0 Å². The van der Waals surface area contributed by atoms with Gasteiger partial charge in [-0.05, 0) is 30.3 Å². The van der Waals surface area contributed by atoms with Crippen LogP contribution in [0.2, 0.25) is 10.0 Å². The molecule has 0 bridgehead atoms. The third-order valence-electron chi connectivity index (χ3n) is 3.75. The first-order valence-electron chi connectivity index (χ1n) is 7.80. The Morgan fingerprint density at radius 3 is 2.60 bits per heavy atom. The monoisotopic (exact) mass is 375 g/mol. The average Bonchev–Trinajstić information content (AvgIpc) is 3.14. The van der Waals surface area contributed by atoms with Gasteiger partial charge in [0.2, 0.25) is 0 Å². The number of carbonyl (C=O) groups excluding carboxylic acids is 1. The average molecular weight is 376 g/mol. The Hall–Kier alpha value is -2.27. The zero-order chi connectivity index (χ0) is 17.6. The zero-order valence-electron chi connectivity index (χ0n) is 13.3. The van der Waals surface area contributed by atoms with Gasteiger partial charge in [-0.3, -0.25) is 4.79 Å². The minimum Gasteiger partial charge on any atom is -0.463 e. The molecule has 0 spiro atoms.